The van der Waals surface area contributed by atoms with Gasteiger partial charge in [-0.1, -0.05) is 12.1 Å². The summed E-state index contributed by atoms with van der Waals surface area (Å²) in [4.78, 5) is 15.1. The molecule has 2 aromatic carbocycles. The van der Waals surface area contributed by atoms with Crippen LogP contribution in [0.1, 0.15) is 34.7 Å². The first-order chi connectivity index (χ1) is 12.3. The van der Waals surface area contributed by atoms with E-state index in [2.05, 4.69) is 10.3 Å². The Morgan fingerprint density at radius 3 is 2.38 bits per heavy atom. The molecule has 0 aliphatic heterocycles. The molecule has 1 amide bonds. The molecular formula is C19H14F4N2O. The monoisotopic (exact) mass is 362 g/mol. The Bertz CT molecular complexity index is 987. The summed E-state index contributed by atoms with van der Waals surface area (Å²) in [7, 11) is 0. The van der Waals surface area contributed by atoms with Gasteiger partial charge in [-0.05, 0) is 29.7 Å². The Labute approximate surface area is 146 Å². The minimum atomic E-state index is -2.59. The zero-order chi connectivity index (χ0) is 18.5. The molecule has 1 aromatic heterocycles. The molecule has 1 fully saturated rings. The Morgan fingerprint density at radius 2 is 1.73 bits per heavy atom. The molecule has 3 nitrogen and oxygen atoms in total. The maximum Gasteiger partial charge on any atom is 0.255 e. The third-order valence-corrected chi connectivity index (χ3v) is 4.71. The highest BCUT2D eigenvalue weighted by Crippen LogP contribution is 2.48. The van der Waals surface area contributed by atoms with Crippen LogP contribution in [0.3, 0.4) is 0 Å². The Balaban J connectivity index is 1.51. The van der Waals surface area contributed by atoms with Crippen LogP contribution in [0, 0.1) is 11.6 Å². The fourth-order valence-electron chi connectivity index (χ4n) is 3.22. The molecule has 26 heavy (non-hydrogen) atoms. The minimum Gasteiger partial charge on any atom is -0.359 e. The number of nitrogens with one attached hydrogen (secondary N) is 2. The molecule has 0 spiro atoms. The van der Waals surface area contributed by atoms with E-state index in [0.717, 1.165) is 17.7 Å². The van der Waals surface area contributed by atoms with Gasteiger partial charge in [-0.2, -0.15) is 0 Å². The second-order valence-electron chi connectivity index (χ2n) is 6.55. The number of anilines is 1. The lowest BCUT2D eigenvalue weighted by Crippen LogP contribution is -2.33. The summed E-state index contributed by atoms with van der Waals surface area (Å²) in [6.07, 6.45) is 1.11. The van der Waals surface area contributed by atoms with Crippen molar-refractivity contribution >= 4 is 22.5 Å². The highest BCUT2D eigenvalue weighted by Gasteiger charge is 2.45. The summed E-state index contributed by atoms with van der Waals surface area (Å²) in [5.41, 5.74) is 1.81. The Morgan fingerprint density at radius 1 is 1.08 bits per heavy atom. The number of alkyl halides is 2. The van der Waals surface area contributed by atoms with Gasteiger partial charge >= 0.3 is 0 Å². The van der Waals surface area contributed by atoms with Gasteiger partial charge in [0.2, 0.25) is 5.92 Å². The molecule has 1 aliphatic carbocycles. The van der Waals surface area contributed by atoms with Crippen LogP contribution in [-0.4, -0.2) is 16.8 Å². The zero-order valence-corrected chi connectivity index (χ0v) is 13.5. The van der Waals surface area contributed by atoms with Crippen molar-refractivity contribution in [2.24, 2.45) is 0 Å². The number of hydrogen-bond acceptors (Lipinski definition) is 1. The molecule has 0 saturated heterocycles. The van der Waals surface area contributed by atoms with Crippen molar-refractivity contribution in [1.29, 1.82) is 0 Å². The number of hydrogen-bond donors (Lipinski definition) is 2. The van der Waals surface area contributed by atoms with Crippen molar-refractivity contribution in [2.75, 3.05) is 5.32 Å². The molecule has 2 N–H and O–H groups in total. The number of fused-ring (bicyclic) bond motifs is 1. The molecule has 4 rings (SSSR count). The number of aromatic amines is 1. The third-order valence-electron chi connectivity index (χ3n) is 4.71. The van der Waals surface area contributed by atoms with E-state index in [9.17, 15) is 22.4 Å². The van der Waals surface area contributed by atoms with Crippen molar-refractivity contribution in [3.63, 3.8) is 0 Å². The number of H-pyrrole nitrogens is 1. The number of carbonyl (C=O) groups is 1. The molecule has 0 atom stereocenters. The standard InChI is InChI=1S/C19H14F4N2O/c20-14-5-13-16(6-15(14)21)24-9-17(13)25-18(26)11-3-1-10(2-4-11)12-7-19(22,23)8-12/h1-6,9,12,24H,7-8H2,(H,25,26). The van der Waals surface area contributed by atoms with E-state index in [4.69, 9.17) is 0 Å². The number of carbonyl (C=O) groups excluding carboxylic acids is 1. The van der Waals surface area contributed by atoms with Crippen molar-refractivity contribution in [3.05, 3.63) is 65.4 Å². The lowest BCUT2D eigenvalue weighted by molar-refractivity contribution is -0.0867. The molecular weight excluding hydrogens is 348 g/mol. The smallest absolute Gasteiger partial charge is 0.255 e. The average Bonchev–Trinajstić information content (AvgIpc) is 2.95. The third kappa shape index (κ3) is 2.94. The molecule has 0 unspecified atom stereocenters. The first-order valence-electron chi connectivity index (χ1n) is 8.08. The highest BCUT2D eigenvalue weighted by atomic mass is 19.3. The summed E-state index contributed by atoms with van der Waals surface area (Å²) in [5, 5.41) is 2.99. The molecule has 3 aromatic rings. The molecule has 7 heteroatoms. The number of amides is 1. The molecule has 0 bridgehead atoms. The topological polar surface area (TPSA) is 44.9 Å². The summed E-state index contributed by atoms with van der Waals surface area (Å²) in [6, 6.07) is 8.49. The maximum atomic E-state index is 13.4. The maximum absolute atomic E-state index is 13.4. The SMILES string of the molecule is O=C(Nc1c[nH]c2cc(F)c(F)cc12)c1ccc(C2CC(F)(F)C2)cc1. The van der Waals surface area contributed by atoms with Crippen LogP contribution >= 0.6 is 0 Å². The van der Waals surface area contributed by atoms with Gasteiger partial charge < -0.3 is 10.3 Å². The number of benzene rings is 2. The van der Waals surface area contributed by atoms with E-state index in [0.29, 0.717) is 22.2 Å². The lowest BCUT2D eigenvalue weighted by Gasteiger charge is -2.35. The lowest BCUT2D eigenvalue weighted by atomic mass is 9.76. The Kier molecular flexibility index (Phi) is 3.75. The molecule has 0 radical (unpaired) electrons. The van der Waals surface area contributed by atoms with Crippen molar-refractivity contribution in [1.82, 2.24) is 4.98 Å². The zero-order valence-electron chi connectivity index (χ0n) is 13.5. The first kappa shape index (κ1) is 16.6. The summed E-state index contributed by atoms with van der Waals surface area (Å²) >= 11 is 0. The van der Waals surface area contributed by atoms with E-state index < -0.39 is 23.5 Å². The highest BCUT2D eigenvalue weighted by molar-refractivity contribution is 6.09. The minimum absolute atomic E-state index is 0.171. The van der Waals surface area contributed by atoms with Crippen molar-refractivity contribution < 1.29 is 22.4 Å². The quantitative estimate of drug-likeness (QED) is 0.617. The van der Waals surface area contributed by atoms with Gasteiger partial charge in [0.25, 0.3) is 5.91 Å². The average molecular weight is 362 g/mol. The first-order valence-corrected chi connectivity index (χ1v) is 8.08. The van der Waals surface area contributed by atoms with Crippen LogP contribution < -0.4 is 5.32 Å². The van der Waals surface area contributed by atoms with Gasteiger partial charge in [-0.25, -0.2) is 17.6 Å². The summed E-state index contributed by atoms with van der Waals surface area (Å²) < 4.78 is 52.6. The fourth-order valence-corrected chi connectivity index (χ4v) is 3.22. The second-order valence-corrected chi connectivity index (χ2v) is 6.55. The number of halogens is 4. The predicted octanol–water partition coefficient (Wildman–Crippen LogP) is 5.21. The van der Waals surface area contributed by atoms with Gasteiger partial charge in [0.1, 0.15) is 0 Å². The Hall–Kier alpha value is -2.83. The van der Waals surface area contributed by atoms with Crippen LogP contribution in [0.5, 0.6) is 0 Å². The molecule has 134 valence electrons. The van der Waals surface area contributed by atoms with Crippen LogP contribution in [0.15, 0.2) is 42.6 Å². The molecule has 1 saturated carbocycles. The summed E-state index contributed by atoms with van der Waals surface area (Å²) in [5.74, 6) is -5.19. The number of aromatic nitrogens is 1. The van der Waals surface area contributed by atoms with Gasteiger partial charge in [0, 0.05) is 36.1 Å². The number of rotatable bonds is 3. The second kappa shape index (κ2) is 5.86. The fraction of sp³-hybridized carbons (Fsp3) is 0.211. The largest absolute Gasteiger partial charge is 0.359 e. The van der Waals surface area contributed by atoms with Crippen molar-refractivity contribution in [3.8, 4) is 0 Å². The van der Waals surface area contributed by atoms with Crippen LogP contribution in [0.2, 0.25) is 0 Å². The van der Waals surface area contributed by atoms with Gasteiger partial charge in [-0.15, -0.1) is 0 Å². The van der Waals surface area contributed by atoms with Crippen molar-refractivity contribution in [2.45, 2.75) is 24.7 Å². The normalized spacial score (nSPS) is 16.5. The van der Waals surface area contributed by atoms with Crippen LogP contribution in [-0.2, 0) is 0 Å². The van der Waals surface area contributed by atoms with E-state index in [1.807, 2.05) is 0 Å². The predicted molar refractivity (Wildman–Crippen MR) is 89.5 cm³/mol. The van der Waals surface area contributed by atoms with E-state index in [-0.39, 0.29) is 18.8 Å². The van der Waals surface area contributed by atoms with Gasteiger partial charge in [0.05, 0.1) is 11.2 Å². The van der Waals surface area contributed by atoms with E-state index >= 15 is 0 Å². The van der Waals surface area contributed by atoms with E-state index in [1.54, 1.807) is 24.3 Å². The molecule has 1 heterocycles. The van der Waals surface area contributed by atoms with Gasteiger partial charge in [-0.3, -0.25) is 4.79 Å². The van der Waals surface area contributed by atoms with Crippen LogP contribution in [0.25, 0.3) is 10.9 Å². The molecule has 1 aliphatic rings. The van der Waals surface area contributed by atoms with E-state index in [1.165, 1.54) is 6.20 Å². The van der Waals surface area contributed by atoms with Crippen LogP contribution in [0.4, 0.5) is 23.2 Å². The summed E-state index contributed by atoms with van der Waals surface area (Å²) in [6.45, 7) is 0. The van der Waals surface area contributed by atoms with Gasteiger partial charge in [0.15, 0.2) is 11.6 Å².